The maximum atomic E-state index is 6.12. The van der Waals surface area contributed by atoms with Gasteiger partial charge < -0.3 is 5.73 Å². The number of rotatable bonds is 2. The zero-order valence-electron chi connectivity index (χ0n) is 7.36. The summed E-state index contributed by atoms with van der Waals surface area (Å²) in [7, 11) is 0. The van der Waals surface area contributed by atoms with Crippen molar-refractivity contribution in [3.8, 4) is 0 Å². The van der Waals surface area contributed by atoms with Crippen molar-refractivity contribution < 1.29 is 0 Å². The second-order valence-electron chi connectivity index (χ2n) is 3.04. The molecule has 1 nitrogen and oxygen atoms in total. The molecule has 13 heavy (non-hydrogen) atoms. The van der Waals surface area contributed by atoms with E-state index in [9.17, 15) is 0 Å². The van der Waals surface area contributed by atoms with E-state index in [0.29, 0.717) is 0 Å². The third-order valence-corrected chi connectivity index (χ3v) is 3.71. The fraction of sp³-hybridized carbons (Fsp3) is 0.200. The monoisotopic (exact) mass is 209 g/mol. The molecule has 2 N–H and O–H groups in total. The van der Waals surface area contributed by atoms with E-state index >= 15 is 0 Å². The van der Waals surface area contributed by atoms with E-state index < -0.39 is 0 Å². The van der Waals surface area contributed by atoms with Gasteiger partial charge in [-0.2, -0.15) is 22.7 Å². The average molecular weight is 209 g/mol. The molecule has 2 aromatic heterocycles. The van der Waals surface area contributed by atoms with Crippen molar-refractivity contribution in [1.82, 2.24) is 0 Å². The molecule has 2 heterocycles. The van der Waals surface area contributed by atoms with Crippen LogP contribution in [0.5, 0.6) is 0 Å². The van der Waals surface area contributed by atoms with Crippen LogP contribution in [0.25, 0.3) is 0 Å². The van der Waals surface area contributed by atoms with Gasteiger partial charge in [-0.25, -0.2) is 0 Å². The van der Waals surface area contributed by atoms with E-state index in [-0.39, 0.29) is 6.04 Å². The van der Waals surface area contributed by atoms with Crippen LogP contribution in [0.3, 0.4) is 0 Å². The summed E-state index contributed by atoms with van der Waals surface area (Å²) in [5.41, 5.74) is 9.88. The Morgan fingerprint density at radius 2 is 2.08 bits per heavy atom. The van der Waals surface area contributed by atoms with E-state index in [4.69, 9.17) is 5.73 Å². The summed E-state index contributed by atoms with van der Waals surface area (Å²) in [5.74, 6) is 0. The topological polar surface area (TPSA) is 26.0 Å². The van der Waals surface area contributed by atoms with E-state index in [1.54, 1.807) is 22.7 Å². The fourth-order valence-electron chi connectivity index (χ4n) is 1.32. The summed E-state index contributed by atoms with van der Waals surface area (Å²) in [5, 5.41) is 8.46. The SMILES string of the molecule is Cc1cscc1C(N)c1ccsc1. The summed E-state index contributed by atoms with van der Waals surface area (Å²) >= 11 is 3.41. The molecule has 0 spiro atoms. The summed E-state index contributed by atoms with van der Waals surface area (Å²) in [6.45, 7) is 2.11. The third kappa shape index (κ3) is 1.68. The van der Waals surface area contributed by atoms with E-state index in [2.05, 4.69) is 34.5 Å². The molecule has 1 unspecified atom stereocenters. The lowest BCUT2D eigenvalue weighted by atomic mass is 10.0. The van der Waals surface area contributed by atoms with Crippen LogP contribution in [0.2, 0.25) is 0 Å². The molecular formula is C10H11NS2. The normalized spacial score (nSPS) is 13.1. The highest BCUT2D eigenvalue weighted by atomic mass is 32.1. The van der Waals surface area contributed by atoms with Gasteiger partial charge in [0.15, 0.2) is 0 Å². The smallest absolute Gasteiger partial charge is 0.0570 e. The molecule has 2 aromatic rings. The Kier molecular flexibility index (Phi) is 2.49. The van der Waals surface area contributed by atoms with Crippen LogP contribution in [-0.2, 0) is 0 Å². The van der Waals surface area contributed by atoms with Crippen molar-refractivity contribution in [2.75, 3.05) is 0 Å². The zero-order chi connectivity index (χ0) is 9.26. The van der Waals surface area contributed by atoms with Crippen molar-refractivity contribution in [3.05, 3.63) is 44.3 Å². The predicted molar refractivity (Wildman–Crippen MR) is 59.4 cm³/mol. The molecule has 0 aliphatic heterocycles. The molecule has 0 saturated heterocycles. The number of thiophene rings is 2. The van der Waals surface area contributed by atoms with Crippen LogP contribution < -0.4 is 5.73 Å². The Morgan fingerprint density at radius 3 is 2.62 bits per heavy atom. The Balaban J connectivity index is 2.33. The molecule has 0 bridgehead atoms. The third-order valence-electron chi connectivity index (χ3n) is 2.13. The molecule has 0 saturated carbocycles. The standard InChI is InChI=1S/C10H11NS2/c1-7-4-13-6-9(7)10(11)8-2-3-12-5-8/h2-6,10H,11H2,1H3. The zero-order valence-corrected chi connectivity index (χ0v) is 8.99. The molecule has 68 valence electrons. The summed E-state index contributed by atoms with van der Waals surface area (Å²) in [4.78, 5) is 0. The van der Waals surface area contributed by atoms with Gasteiger partial charge in [0.2, 0.25) is 0 Å². The Labute approximate surface area is 85.8 Å². The lowest BCUT2D eigenvalue weighted by Gasteiger charge is -2.08. The maximum absolute atomic E-state index is 6.12. The van der Waals surface area contributed by atoms with Gasteiger partial charge in [-0.15, -0.1) is 0 Å². The number of nitrogens with two attached hydrogens (primary N) is 1. The van der Waals surface area contributed by atoms with Crippen LogP contribution in [0.1, 0.15) is 22.7 Å². The lowest BCUT2D eigenvalue weighted by molar-refractivity contribution is 0.873. The van der Waals surface area contributed by atoms with Crippen molar-refractivity contribution in [3.63, 3.8) is 0 Å². The van der Waals surface area contributed by atoms with E-state index in [1.165, 1.54) is 16.7 Å². The van der Waals surface area contributed by atoms with Crippen LogP contribution in [0, 0.1) is 6.92 Å². The maximum Gasteiger partial charge on any atom is 0.0570 e. The van der Waals surface area contributed by atoms with Gasteiger partial charge in [0.1, 0.15) is 0 Å². The van der Waals surface area contributed by atoms with E-state index in [1.807, 2.05) is 0 Å². The van der Waals surface area contributed by atoms with Gasteiger partial charge in [-0.05, 0) is 51.2 Å². The molecule has 2 rings (SSSR count). The molecular weight excluding hydrogens is 198 g/mol. The molecule has 0 aliphatic rings. The summed E-state index contributed by atoms with van der Waals surface area (Å²) in [6.07, 6.45) is 0. The summed E-state index contributed by atoms with van der Waals surface area (Å²) < 4.78 is 0. The van der Waals surface area contributed by atoms with Gasteiger partial charge >= 0.3 is 0 Å². The Hall–Kier alpha value is -0.640. The average Bonchev–Trinajstić information content (AvgIpc) is 2.72. The van der Waals surface area contributed by atoms with Crippen molar-refractivity contribution in [2.24, 2.45) is 5.73 Å². The molecule has 1 atom stereocenters. The predicted octanol–water partition coefficient (Wildman–Crippen LogP) is 3.17. The molecule has 0 aliphatic carbocycles. The first-order valence-corrected chi connectivity index (χ1v) is 5.98. The molecule has 3 heteroatoms. The Morgan fingerprint density at radius 1 is 1.23 bits per heavy atom. The highest BCUT2D eigenvalue weighted by molar-refractivity contribution is 7.08. The Bertz CT molecular complexity index is 375. The number of aryl methyl sites for hydroxylation is 1. The van der Waals surface area contributed by atoms with Crippen molar-refractivity contribution in [1.29, 1.82) is 0 Å². The van der Waals surface area contributed by atoms with Crippen LogP contribution in [0.15, 0.2) is 27.6 Å². The molecule has 0 radical (unpaired) electrons. The highest BCUT2D eigenvalue weighted by Crippen LogP contribution is 2.26. The minimum absolute atomic E-state index is 0.0532. The molecule has 0 fully saturated rings. The first-order chi connectivity index (χ1) is 6.29. The second kappa shape index (κ2) is 3.62. The fourth-order valence-corrected chi connectivity index (χ4v) is 2.90. The first-order valence-electron chi connectivity index (χ1n) is 4.09. The minimum atomic E-state index is 0.0532. The van der Waals surface area contributed by atoms with Crippen molar-refractivity contribution >= 4 is 22.7 Å². The van der Waals surface area contributed by atoms with Crippen molar-refractivity contribution in [2.45, 2.75) is 13.0 Å². The second-order valence-corrected chi connectivity index (χ2v) is 4.57. The number of hydrogen-bond donors (Lipinski definition) is 1. The first kappa shape index (κ1) is 8.94. The summed E-state index contributed by atoms with van der Waals surface area (Å²) in [6, 6.07) is 2.14. The number of hydrogen-bond acceptors (Lipinski definition) is 3. The van der Waals surface area contributed by atoms with E-state index in [0.717, 1.165) is 0 Å². The minimum Gasteiger partial charge on any atom is -0.320 e. The highest BCUT2D eigenvalue weighted by Gasteiger charge is 2.11. The van der Waals surface area contributed by atoms with Gasteiger partial charge in [0, 0.05) is 0 Å². The van der Waals surface area contributed by atoms with Gasteiger partial charge in [0.05, 0.1) is 6.04 Å². The van der Waals surface area contributed by atoms with Gasteiger partial charge in [-0.3, -0.25) is 0 Å². The lowest BCUT2D eigenvalue weighted by Crippen LogP contribution is -2.10. The van der Waals surface area contributed by atoms with Gasteiger partial charge in [-0.1, -0.05) is 0 Å². The largest absolute Gasteiger partial charge is 0.320 e. The molecule has 0 amide bonds. The quantitative estimate of drug-likeness (QED) is 0.807. The molecule has 0 aromatic carbocycles. The van der Waals surface area contributed by atoms with Gasteiger partial charge in [0.25, 0.3) is 0 Å². The van der Waals surface area contributed by atoms with Crippen LogP contribution >= 0.6 is 22.7 Å². The van der Waals surface area contributed by atoms with Crippen LogP contribution in [0.4, 0.5) is 0 Å². The van der Waals surface area contributed by atoms with Crippen LogP contribution in [-0.4, -0.2) is 0 Å².